The van der Waals surface area contributed by atoms with Crippen LogP contribution < -0.4 is 15.1 Å². The largest absolute Gasteiger partial charge is 0.372 e. The van der Waals surface area contributed by atoms with Crippen molar-refractivity contribution >= 4 is 23.1 Å². The number of rotatable bonds is 6. The van der Waals surface area contributed by atoms with Gasteiger partial charge in [0, 0.05) is 43.6 Å². The third-order valence-corrected chi connectivity index (χ3v) is 5.62. The lowest BCUT2D eigenvalue weighted by Crippen LogP contribution is -2.35. The van der Waals surface area contributed by atoms with E-state index in [0.29, 0.717) is 17.4 Å². The van der Waals surface area contributed by atoms with E-state index in [9.17, 15) is 4.79 Å². The van der Waals surface area contributed by atoms with Crippen LogP contribution in [0.1, 0.15) is 55.5 Å². The normalized spacial score (nSPS) is 16.6. The molecule has 1 aromatic heterocycles. The number of carbonyl (C=O) groups excluding carboxylic acids is 1. The zero-order valence-electron chi connectivity index (χ0n) is 18.3. The molecule has 1 unspecified atom stereocenters. The van der Waals surface area contributed by atoms with Gasteiger partial charge in [0.1, 0.15) is 17.3 Å². The molecular weight excluding hydrogens is 362 g/mol. The summed E-state index contributed by atoms with van der Waals surface area (Å²) in [6.07, 6.45) is 2.40. The molecule has 0 aliphatic carbocycles. The fourth-order valence-electron chi connectivity index (χ4n) is 3.99. The minimum atomic E-state index is -0.194. The molecule has 0 bridgehead atoms. The maximum absolute atomic E-state index is 12.9. The summed E-state index contributed by atoms with van der Waals surface area (Å²) < 4.78 is 0. The number of benzene rings is 1. The molecule has 1 saturated heterocycles. The second-order valence-corrected chi connectivity index (χ2v) is 7.98. The molecule has 1 fully saturated rings. The van der Waals surface area contributed by atoms with Crippen LogP contribution in [-0.2, 0) is 0 Å². The summed E-state index contributed by atoms with van der Waals surface area (Å²) in [5.41, 5.74) is 3.44. The molecule has 1 aliphatic heterocycles. The highest BCUT2D eigenvalue weighted by atomic mass is 16.1. The molecule has 2 aromatic rings. The molecule has 1 amide bonds. The zero-order valence-corrected chi connectivity index (χ0v) is 18.3. The van der Waals surface area contributed by atoms with E-state index in [1.165, 1.54) is 12.1 Å². The minimum absolute atomic E-state index is 0.194. The SMILES string of the molecule is CCN(CC)c1ccc(NC(=O)c2cc(N3CCCC(C)C3)nc(C)n2)c(C)c1. The Hall–Kier alpha value is -2.63. The Kier molecular flexibility index (Phi) is 6.72. The predicted octanol–water partition coefficient (Wildman–Crippen LogP) is 4.43. The number of carbonyl (C=O) groups is 1. The summed E-state index contributed by atoms with van der Waals surface area (Å²) in [5, 5.41) is 3.03. The van der Waals surface area contributed by atoms with Gasteiger partial charge in [0.05, 0.1) is 0 Å². The maximum atomic E-state index is 12.9. The lowest BCUT2D eigenvalue weighted by Gasteiger charge is -2.32. The Morgan fingerprint density at radius 1 is 1.21 bits per heavy atom. The first-order valence-corrected chi connectivity index (χ1v) is 10.7. The predicted molar refractivity (Wildman–Crippen MR) is 120 cm³/mol. The second-order valence-electron chi connectivity index (χ2n) is 7.98. The Bertz CT molecular complexity index is 862. The van der Waals surface area contributed by atoms with Gasteiger partial charge in [-0.15, -0.1) is 0 Å². The second kappa shape index (κ2) is 9.25. The highest BCUT2D eigenvalue weighted by Gasteiger charge is 2.20. The number of nitrogens with one attached hydrogen (secondary N) is 1. The summed E-state index contributed by atoms with van der Waals surface area (Å²) in [6, 6.07) is 7.97. The highest BCUT2D eigenvalue weighted by molar-refractivity contribution is 6.03. The van der Waals surface area contributed by atoms with Gasteiger partial charge >= 0.3 is 0 Å². The maximum Gasteiger partial charge on any atom is 0.274 e. The van der Waals surface area contributed by atoms with Crippen LogP contribution in [0.4, 0.5) is 17.2 Å². The van der Waals surface area contributed by atoms with Crippen molar-refractivity contribution in [2.75, 3.05) is 41.3 Å². The molecule has 1 aliphatic rings. The average Bonchev–Trinajstić information content (AvgIpc) is 2.70. The monoisotopic (exact) mass is 395 g/mol. The molecule has 156 valence electrons. The van der Waals surface area contributed by atoms with Gasteiger partial charge < -0.3 is 15.1 Å². The van der Waals surface area contributed by atoms with Crippen LogP contribution in [0.25, 0.3) is 0 Å². The number of nitrogens with zero attached hydrogens (tertiary/aromatic N) is 4. The van der Waals surface area contributed by atoms with Gasteiger partial charge in [0.2, 0.25) is 0 Å². The molecule has 0 spiro atoms. The van der Waals surface area contributed by atoms with Gasteiger partial charge in [-0.1, -0.05) is 6.92 Å². The smallest absolute Gasteiger partial charge is 0.274 e. The highest BCUT2D eigenvalue weighted by Crippen LogP contribution is 2.25. The Morgan fingerprint density at radius 3 is 2.62 bits per heavy atom. The van der Waals surface area contributed by atoms with Gasteiger partial charge in [-0.05, 0) is 70.2 Å². The summed E-state index contributed by atoms with van der Waals surface area (Å²) in [7, 11) is 0. The Labute approximate surface area is 174 Å². The number of aromatic nitrogens is 2. The number of amides is 1. The molecule has 0 radical (unpaired) electrons. The summed E-state index contributed by atoms with van der Waals surface area (Å²) in [6.45, 7) is 14.3. The number of aryl methyl sites for hydroxylation is 2. The average molecular weight is 396 g/mol. The first-order valence-electron chi connectivity index (χ1n) is 10.7. The summed E-state index contributed by atoms with van der Waals surface area (Å²) in [4.78, 5) is 26.4. The standard InChI is InChI=1S/C23H33N5O/c1-6-27(7-2)19-10-11-20(17(4)13-19)26-23(29)21-14-22(25-18(5)24-21)28-12-8-9-16(3)15-28/h10-11,13-14,16H,6-9,12,15H2,1-5H3,(H,26,29). The third-order valence-electron chi connectivity index (χ3n) is 5.62. The molecule has 6 heteroatoms. The molecule has 1 N–H and O–H groups in total. The lowest BCUT2D eigenvalue weighted by molar-refractivity contribution is 0.102. The first-order chi connectivity index (χ1) is 13.9. The van der Waals surface area contributed by atoms with E-state index in [0.717, 1.165) is 49.7 Å². The van der Waals surface area contributed by atoms with Crippen LogP contribution >= 0.6 is 0 Å². The Morgan fingerprint density at radius 2 is 1.97 bits per heavy atom. The van der Waals surface area contributed by atoms with E-state index in [1.807, 2.05) is 26.0 Å². The van der Waals surface area contributed by atoms with Crippen LogP contribution in [0, 0.1) is 19.8 Å². The van der Waals surface area contributed by atoms with Crippen LogP contribution in [0.5, 0.6) is 0 Å². The molecule has 1 atom stereocenters. The van der Waals surface area contributed by atoms with E-state index in [2.05, 4.69) is 58.0 Å². The topological polar surface area (TPSA) is 61.4 Å². The van der Waals surface area contributed by atoms with Crippen LogP contribution in [-0.4, -0.2) is 42.1 Å². The van der Waals surface area contributed by atoms with E-state index < -0.39 is 0 Å². The quantitative estimate of drug-likeness (QED) is 0.784. The molecule has 2 heterocycles. The van der Waals surface area contributed by atoms with Gasteiger partial charge in [0.25, 0.3) is 5.91 Å². The van der Waals surface area contributed by atoms with Gasteiger partial charge in [0.15, 0.2) is 0 Å². The van der Waals surface area contributed by atoms with Crippen molar-refractivity contribution in [3.8, 4) is 0 Å². The van der Waals surface area contributed by atoms with Crippen molar-refractivity contribution in [2.24, 2.45) is 5.92 Å². The van der Waals surface area contributed by atoms with Crippen LogP contribution in [0.2, 0.25) is 0 Å². The minimum Gasteiger partial charge on any atom is -0.372 e. The summed E-state index contributed by atoms with van der Waals surface area (Å²) in [5.74, 6) is 1.92. The van der Waals surface area contributed by atoms with Gasteiger partial charge in [-0.25, -0.2) is 9.97 Å². The van der Waals surface area contributed by atoms with Crippen molar-refractivity contribution in [3.63, 3.8) is 0 Å². The van der Waals surface area contributed by atoms with E-state index in [4.69, 9.17) is 0 Å². The van der Waals surface area contributed by atoms with Crippen molar-refractivity contribution in [2.45, 2.75) is 47.5 Å². The molecule has 3 rings (SSSR count). The lowest BCUT2D eigenvalue weighted by atomic mass is 10.0. The Balaban J connectivity index is 1.79. The van der Waals surface area contributed by atoms with Crippen molar-refractivity contribution < 1.29 is 4.79 Å². The molecule has 6 nitrogen and oxygen atoms in total. The number of hydrogen-bond donors (Lipinski definition) is 1. The van der Waals surface area contributed by atoms with Gasteiger partial charge in [-0.2, -0.15) is 0 Å². The van der Waals surface area contributed by atoms with Gasteiger partial charge in [-0.3, -0.25) is 4.79 Å². The number of anilines is 3. The molecule has 0 saturated carbocycles. The zero-order chi connectivity index (χ0) is 21.0. The van der Waals surface area contributed by atoms with E-state index in [1.54, 1.807) is 0 Å². The van der Waals surface area contributed by atoms with Crippen LogP contribution in [0.15, 0.2) is 24.3 Å². The number of piperidine rings is 1. The molecule has 1 aromatic carbocycles. The van der Waals surface area contributed by atoms with Crippen molar-refractivity contribution in [1.29, 1.82) is 0 Å². The molecule has 29 heavy (non-hydrogen) atoms. The first kappa shape index (κ1) is 21.1. The van der Waals surface area contributed by atoms with Crippen LogP contribution in [0.3, 0.4) is 0 Å². The third kappa shape index (κ3) is 5.05. The summed E-state index contributed by atoms with van der Waals surface area (Å²) >= 11 is 0. The van der Waals surface area contributed by atoms with Crippen molar-refractivity contribution in [3.05, 3.63) is 41.3 Å². The fraction of sp³-hybridized carbons (Fsp3) is 0.522. The molecular formula is C23H33N5O. The van der Waals surface area contributed by atoms with E-state index >= 15 is 0 Å². The number of hydrogen-bond acceptors (Lipinski definition) is 5. The van der Waals surface area contributed by atoms with E-state index in [-0.39, 0.29) is 5.91 Å². The fourth-order valence-corrected chi connectivity index (χ4v) is 3.99. The van der Waals surface area contributed by atoms with Crippen molar-refractivity contribution in [1.82, 2.24) is 9.97 Å².